The summed E-state index contributed by atoms with van der Waals surface area (Å²) in [6.45, 7) is 0. The van der Waals surface area contributed by atoms with Gasteiger partial charge in [-0.15, -0.1) is 0 Å². The van der Waals surface area contributed by atoms with Gasteiger partial charge in [0, 0.05) is 12.0 Å². The second-order valence-corrected chi connectivity index (χ2v) is 8.64. The molecule has 5 aromatic rings. The molecule has 0 unspecified atom stereocenters. The van der Waals surface area contributed by atoms with Crippen molar-refractivity contribution >= 4 is 5.78 Å². The number of hydrogen-bond donors (Lipinski definition) is 1. The van der Waals surface area contributed by atoms with E-state index in [0.717, 1.165) is 44.5 Å². The first-order valence-electron chi connectivity index (χ1n) is 11.8. The molecular formula is C33H26O2. The molecule has 0 spiro atoms. The van der Waals surface area contributed by atoms with E-state index < -0.39 is 0 Å². The van der Waals surface area contributed by atoms with Gasteiger partial charge in [0.1, 0.15) is 5.75 Å². The fourth-order valence-corrected chi connectivity index (χ4v) is 4.53. The van der Waals surface area contributed by atoms with Crippen molar-refractivity contribution in [2.75, 3.05) is 0 Å². The highest BCUT2D eigenvalue weighted by Gasteiger charge is 2.20. The van der Waals surface area contributed by atoms with Crippen LogP contribution in [0, 0.1) is 0 Å². The zero-order valence-corrected chi connectivity index (χ0v) is 19.4. The van der Waals surface area contributed by atoms with E-state index in [1.165, 1.54) is 0 Å². The summed E-state index contributed by atoms with van der Waals surface area (Å²) in [5.41, 5.74) is 7.78. The highest BCUT2D eigenvalue weighted by Crippen LogP contribution is 2.38. The van der Waals surface area contributed by atoms with Crippen LogP contribution >= 0.6 is 0 Å². The molecule has 0 fully saturated rings. The van der Waals surface area contributed by atoms with Gasteiger partial charge in [-0.25, -0.2) is 0 Å². The molecule has 0 bridgehead atoms. The molecule has 0 aliphatic carbocycles. The van der Waals surface area contributed by atoms with Gasteiger partial charge < -0.3 is 5.11 Å². The third-order valence-corrected chi connectivity index (χ3v) is 6.25. The highest BCUT2D eigenvalue weighted by molar-refractivity contribution is 6.09. The van der Waals surface area contributed by atoms with Crippen molar-refractivity contribution in [1.82, 2.24) is 0 Å². The van der Waals surface area contributed by atoms with Gasteiger partial charge in [0.15, 0.2) is 5.78 Å². The Labute approximate surface area is 206 Å². The molecule has 0 heterocycles. The van der Waals surface area contributed by atoms with Gasteiger partial charge >= 0.3 is 0 Å². The van der Waals surface area contributed by atoms with Gasteiger partial charge in [-0.3, -0.25) is 4.79 Å². The van der Waals surface area contributed by atoms with Crippen molar-refractivity contribution in [1.29, 1.82) is 0 Å². The minimum absolute atomic E-state index is 0.0886. The lowest BCUT2D eigenvalue weighted by Crippen LogP contribution is -2.07. The average Bonchev–Trinajstić information content (AvgIpc) is 2.92. The minimum Gasteiger partial charge on any atom is -0.508 e. The van der Waals surface area contributed by atoms with Gasteiger partial charge in [-0.1, -0.05) is 103 Å². The number of rotatable bonds is 7. The Morgan fingerprint density at radius 3 is 1.57 bits per heavy atom. The number of carbonyl (C=O) groups is 1. The molecule has 2 heteroatoms. The molecule has 170 valence electrons. The molecule has 35 heavy (non-hydrogen) atoms. The molecule has 5 aromatic carbocycles. The van der Waals surface area contributed by atoms with E-state index in [-0.39, 0.29) is 11.5 Å². The third-order valence-electron chi connectivity index (χ3n) is 6.25. The van der Waals surface area contributed by atoms with Crippen molar-refractivity contribution in [3.05, 3.63) is 139 Å². The molecule has 1 N–H and O–H groups in total. The van der Waals surface area contributed by atoms with E-state index in [1.54, 1.807) is 12.1 Å². The molecule has 0 amide bonds. The normalized spacial score (nSPS) is 10.7. The fourth-order valence-electron chi connectivity index (χ4n) is 4.53. The number of Topliss-reactive ketones (excluding diaryl/α,β-unsaturated/α-hetero) is 1. The van der Waals surface area contributed by atoms with Gasteiger partial charge in [0.25, 0.3) is 0 Å². The second-order valence-electron chi connectivity index (χ2n) is 8.64. The molecule has 2 nitrogen and oxygen atoms in total. The molecule has 0 saturated carbocycles. The summed E-state index contributed by atoms with van der Waals surface area (Å²) in [6, 6.07) is 41.9. The maximum atomic E-state index is 13.9. The van der Waals surface area contributed by atoms with Crippen LogP contribution in [0.25, 0.3) is 33.4 Å². The number of aryl methyl sites for hydroxylation is 1. The number of ketones is 1. The molecule has 0 aliphatic heterocycles. The van der Waals surface area contributed by atoms with Crippen LogP contribution in [0.2, 0.25) is 0 Å². The summed E-state index contributed by atoms with van der Waals surface area (Å²) < 4.78 is 0. The summed E-state index contributed by atoms with van der Waals surface area (Å²) in [7, 11) is 0. The van der Waals surface area contributed by atoms with Gasteiger partial charge in [0.05, 0.1) is 0 Å². The number of phenols is 1. The van der Waals surface area contributed by atoms with Crippen LogP contribution < -0.4 is 0 Å². The van der Waals surface area contributed by atoms with Crippen LogP contribution in [0.15, 0.2) is 127 Å². The zero-order chi connectivity index (χ0) is 24.0. The summed E-state index contributed by atoms with van der Waals surface area (Å²) >= 11 is 0. The Hall–Kier alpha value is -4.43. The van der Waals surface area contributed by atoms with Gasteiger partial charge in [-0.2, -0.15) is 0 Å². The maximum absolute atomic E-state index is 13.9. The van der Waals surface area contributed by atoms with Crippen molar-refractivity contribution in [2.24, 2.45) is 0 Å². The van der Waals surface area contributed by atoms with E-state index in [4.69, 9.17) is 0 Å². The Bertz CT molecular complexity index is 1380. The largest absolute Gasteiger partial charge is 0.508 e. The lowest BCUT2D eigenvalue weighted by Gasteiger charge is -2.18. The van der Waals surface area contributed by atoms with Crippen molar-refractivity contribution in [2.45, 2.75) is 12.8 Å². The summed E-state index contributed by atoms with van der Waals surface area (Å²) in [4.78, 5) is 13.9. The van der Waals surface area contributed by atoms with Crippen molar-refractivity contribution in [3.8, 4) is 39.1 Å². The van der Waals surface area contributed by atoms with Crippen LogP contribution in [0.1, 0.15) is 22.3 Å². The molecular weight excluding hydrogens is 428 g/mol. The zero-order valence-electron chi connectivity index (χ0n) is 19.4. The Kier molecular flexibility index (Phi) is 6.54. The monoisotopic (exact) mass is 454 g/mol. The first-order chi connectivity index (χ1) is 17.2. The molecule has 0 aliphatic rings. The predicted octanol–water partition coefficient (Wildman–Crippen LogP) is 8.21. The summed E-state index contributed by atoms with van der Waals surface area (Å²) in [5, 5.41) is 9.83. The Morgan fingerprint density at radius 1 is 0.543 bits per heavy atom. The lowest BCUT2D eigenvalue weighted by atomic mass is 9.85. The highest BCUT2D eigenvalue weighted by atomic mass is 16.3. The van der Waals surface area contributed by atoms with Crippen LogP contribution in [0.4, 0.5) is 0 Å². The Morgan fingerprint density at radius 2 is 1.06 bits per heavy atom. The topological polar surface area (TPSA) is 37.3 Å². The average molecular weight is 455 g/mol. The van der Waals surface area contributed by atoms with E-state index in [1.807, 2.05) is 66.7 Å². The van der Waals surface area contributed by atoms with E-state index in [2.05, 4.69) is 48.5 Å². The Balaban J connectivity index is 1.68. The molecule has 0 aromatic heterocycles. The number of carbonyl (C=O) groups excluding carboxylic acids is 1. The van der Waals surface area contributed by atoms with Crippen LogP contribution in [-0.4, -0.2) is 10.9 Å². The number of aromatic hydroxyl groups is 1. The van der Waals surface area contributed by atoms with Crippen molar-refractivity contribution in [3.63, 3.8) is 0 Å². The van der Waals surface area contributed by atoms with Crippen LogP contribution in [0.3, 0.4) is 0 Å². The quantitative estimate of drug-likeness (QED) is 0.252. The SMILES string of the molecule is O=C(CCc1cccc(O)c1)c1c(-c2ccccc2)cc(-c2ccccc2)cc1-c1ccccc1. The first-order valence-corrected chi connectivity index (χ1v) is 11.8. The molecule has 5 rings (SSSR count). The summed E-state index contributed by atoms with van der Waals surface area (Å²) in [5.74, 6) is 0.308. The number of phenolic OH excluding ortho intramolecular Hbond substituents is 1. The van der Waals surface area contributed by atoms with Crippen LogP contribution in [0.5, 0.6) is 5.75 Å². The van der Waals surface area contributed by atoms with E-state index in [0.29, 0.717) is 12.8 Å². The standard InChI is InChI=1S/C33H26O2/c34-29-18-10-11-24(21-29)19-20-32(35)33-30(26-14-6-2-7-15-26)22-28(25-12-4-1-5-13-25)23-31(33)27-16-8-3-9-17-27/h1-18,21-23,34H,19-20H2. The first kappa shape index (κ1) is 22.4. The number of hydrogen-bond acceptors (Lipinski definition) is 2. The van der Waals surface area contributed by atoms with Gasteiger partial charge in [0.2, 0.25) is 0 Å². The minimum atomic E-state index is 0.0886. The fraction of sp³-hybridized carbons (Fsp3) is 0.0606. The molecule has 0 radical (unpaired) electrons. The van der Waals surface area contributed by atoms with E-state index in [9.17, 15) is 9.90 Å². The van der Waals surface area contributed by atoms with Crippen LogP contribution in [-0.2, 0) is 6.42 Å². The molecule has 0 atom stereocenters. The summed E-state index contributed by atoms with van der Waals surface area (Å²) in [6.07, 6.45) is 0.921. The third kappa shape index (κ3) is 5.07. The molecule has 0 saturated heterocycles. The number of benzene rings is 5. The lowest BCUT2D eigenvalue weighted by molar-refractivity contribution is 0.0984. The van der Waals surface area contributed by atoms with Crippen molar-refractivity contribution < 1.29 is 9.90 Å². The van der Waals surface area contributed by atoms with Gasteiger partial charge in [-0.05, 0) is 69.6 Å². The maximum Gasteiger partial charge on any atom is 0.164 e. The van der Waals surface area contributed by atoms with E-state index >= 15 is 0 Å². The second kappa shape index (κ2) is 10.2. The predicted molar refractivity (Wildman–Crippen MR) is 144 cm³/mol. The smallest absolute Gasteiger partial charge is 0.164 e.